The lowest BCUT2D eigenvalue weighted by Crippen LogP contribution is -2.34. The first-order valence-electron chi connectivity index (χ1n) is 5.91. The lowest BCUT2D eigenvalue weighted by Gasteiger charge is -2.19. The molecule has 19 heavy (non-hydrogen) atoms. The van der Waals surface area contributed by atoms with E-state index < -0.39 is 4.92 Å². The summed E-state index contributed by atoms with van der Waals surface area (Å²) in [5.74, 6) is 0. The number of urea groups is 1. The number of nitrogens with zero attached hydrogens (tertiary/aromatic N) is 2. The molecule has 0 fully saturated rings. The molecule has 0 atom stereocenters. The van der Waals surface area contributed by atoms with Crippen LogP contribution in [0.3, 0.4) is 0 Å². The highest BCUT2D eigenvalue weighted by molar-refractivity contribution is 9.10. The second-order valence-corrected chi connectivity index (χ2v) is 4.83. The summed E-state index contributed by atoms with van der Waals surface area (Å²) in [4.78, 5) is 23.9. The predicted molar refractivity (Wildman–Crippen MR) is 77.5 cm³/mol. The van der Waals surface area contributed by atoms with Crippen LogP contribution < -0.4 is 5.32 Å². The maximum atomic E-state index is 11.9. The van der Waals surface area contributed by atoms with E-state index in [0.29, 0.717) is 28.8 Å². The quantitative estimate of drug-likeness (QED) is 0.678. The molecule has 0 bridgehead atoms. The van der Waals surface area contributed by atoms with E-state index in [1.165, 1.54) is 6.07 Å². The normalized spacial score (nSPS) is 10.1. The van der Waals surface area contributed by atoms with Gasteiger partial charge in [-0.3, -0.25) is 10.1 Å². The molecule has 0 aromatic heterocycles. The van der Waals surface area contributed by atoms with Gasteiger partial charge in [-0.05, 0) is 42.8 Å². The van der Waals surface area contributed by atoms with E-state index in [2.05, 4.69) is 21.2 Å². The van der Waals surface area contributed by atoms with Crippen molar-refractivity contribution in [2.24, 2.45) is 0 Å². The summed E-state index contributed by atoms with van der Waals surface area (Å²) in [5.41, 5.74) is 0.921. The summed E-state index contributed by atoms with van der Waals surface area (Å²) in [7, 11) is 0. The van der Waals surface area contributed by atoms with Crippen LogP contribution in [-0.4, -0.2) is 28.9 Å². The van der Waals surface area contributed by atoms with Gasteiger partial charge in [0.1, 0.15) is 0 Å². The van der Waals surface area contributed by atoms with E-state index in [0.717, 1.165) is 0 Å². The fourth-order valence-corrected chi connectivity index (χ4v) is 2.22. The number of rotatable bonds is 4. The molecule has 0 spiro atoms. The maximum absolute atomic E-state index is 11.9. The zero-order valence-corrected chi connectivity index (χ0v) is 12.7. The minimum atomic E-state index is -0.463. The molecule has 1 N–H and O–H groups in total. The van der Waals surface area contributed by atoms with E-state index in [1.807, 2.05) is 13.8 Å². The van der Waals surface area contributed by atoms with E-state index in [-0.39, 0.29) is 11.7 Å². The molecule has 0 aliphatic carbocycles. The Morgan fingerprint density at radius 1 is 1.42 bits per heavy atom. The number of nitrogens with one attached hydrogen (secondary N) is 1. The zero-order chi connectivity index (χ0) is 14.6. The molecule has 0 aliphatic rings. The van der Waals surface area contributed by atoms with Gasteiger partial charge in [0.25, 0.3) is 5.69 Å². The molecule has 0 unspecified atom stereocenters. The van der Waals surface area contributed by atoms with Gasteiger partial charge < -0.3 is 10.2 Å². The lowest BCUT2D eigenvalue weighted by molar-refractivity contribution is -0.385. The Morgan fingerprint density at radius 3 is 2.47 bits per heavy atom. The highest BCUT2D eigenvalue weighted by Gasteiger charge is 2.17. The Bertz CT molecular complexity index is 501. The van der Waals surface area contributed by atoms with E-state index in [9.17, 15) is 14.9 Å². The monoisotopic (exact) mass is 329 g/mol. The van der Waals surface area contributed by atoms with Crippen molar-refractivity contribution in [3.8, 4) is 0 Å². The minimum absolute atomic E-state index is 0.0157. The predicted octanol–water partition coefficient (Wildman–Crippen LogP) is 3.54. The average molecular weight is 330 g/mol. The molecule has 0 saturated carbocycles. The molecule has 1 aromatic carbocycles. The number of anilines is 1. The smallest absolute Gasteiger partial charge is 0.321 e. The van der Waals surface area contributed by atoms with Crippen LogP contribution in [-0.2, 0) is 0 Å². The second-order valence-electron chi connectivity index (χ2n) is 3.98. The topological polar surface area (TPSA) is 75.5 Å². The third-order valence-electron chi connectivity index (χ3n) is 2.77. The standard InChI is InChI=1S/C12H16BrN3O3/c1-4-15(5-2)12(17)14-10-7-11(16(18)19)8(3)6-9(10)13/h6-7H,4-5H2,1-3H3,(H,14,17). The van der Waals surface area contributed by atoms with Gasteiger partial charge in [0.05, 0.1) is 10.6 Å². The molecular formula is C12H16BrN3O3. The third kappa shape index (κ3) is 3.66. The first-order valence-corrected chi connectivity index (χ1v) is 6.70. The summed E-state index contributed by atoms with van der Waals surface area (Å²) in [6.07, 6.45) is 0. The van der Waals surface area contributed by atoms with Crippen molar-refractivity contribution in [1.82, 2.24) is 4.90 Å². The summed E-state index contributed by atoms with van der Waals surface area (Å²) in [5, 5.41) is 13.6. The minimum Gasteiger partial charge on any atom is -0.325 e. The highest BCUT2D eigenvalue weighted by atomic mass is 79.9. The van der Waals surface area contributed by atoms with Crippen LogP contribution in [0.2, 0.25) is 0 Å². The van der Waals surface area contributed by atoms with Crippen LogP contribution in [0.15, 0.2) is 16.6 Å². The number of nitro benzene ring substituents is 1. The van der Waals surface area contributed by atoms with Crippen molar-refractivity contribution < 1.29 is 9.72 Å². The van der Waals surface area contributed by atoms with Gasteiger partial charge in [-0.1, -0.05) is 0 Å². The first-order chi connectivity index (χ1) is 8.90. The molecule has 2 amide bonds. The summed E-state index contributed by atoms with van der Waals surface area (Å²) < 4.78 is 0.621. The number of aryl methyl sites for hydroxylation is 1. The number of hydrogen-bond acceptors (Lipinski definition) is 3. The SMILES string of the molecule is CCN(CC)C(=O)Nc1cc([N+](=O)[O-])c(C)cc1Br. The first kappa shape index (κ1) is 15.4. The zero-order valence-electron chi connectivity index (χ0n) is 11.1. The number of amides is 2. The summed E-state index contributed by atoms with van der Waals surface area (Å²) >= 11 is 3.30. The maximum Gasteiger partial charge on any atom is 0.321 e. The average Bonchev–Trinajstić information content (AvgIpc) is 2.33. The number of hydrogen-bond donors (Lipinski definition) is 1. The molecule has 104 valence electrons. The van der Waals surface area contributed by atoms with Gasteiger partial charge in [0.2, 0.25) is 0 Å². The number of benzene rings is 1. The van der Waals surface area contributed by atoms with Crippen LogP contribution in [0.5, 0.6) is 0 Å². The van der Waals surface area contributed by atoms with Crippen molar-refractivity contribution in [2.75, 3.05) is 18.4 Å². The Kier molecular flexibility index (Phi) is 5.29. The molecule has 0 heterocycles. The number of carbonyl (C=O) groups is 1. The fourth-order valence-electron chi connectivity index (χ4n) is 1.66. The van der Waals surface area contributed by atoms with Crippen molar-refractivity contribution in [3.05, 3.63) is 32.3 Å². The highest BCUT2D eigenvalue weighted by Crippen LogP contribution is 2.30. The number of carbonyl (C=O) groups excluding carboxylic acids is 1. The molecule has 1 aromatic rings. The molecule has 0 aliphatic heterocycles. The van der Waals surface area contributed by atoms with Gasteiger partial charge >= 0.3 is 6.03 Å². The third-order valence-corrected chi connectivity index (χ3v) is 3.43. The van der Waals surface area contributed by atoms with Gasteiger partial charge in [-0.25, -0.2) is 4.79 Å². The van der Waals surface area contributed by atoms with Gasteiger partial charge in [0.15, 0.2) is 0 Å². The Morgan fingerprint density at radius 2 is 2.00 bits per heavy atom. The Balaban J connectivity index is 3.04. The molecular weight excluding hydrogens is 314 g/mol. The van der Waals surface area contributed by atoms with Crippen molar-refractivity contribution in [1.29, 1.82) is 0 Å². The molecule has 7 heteroatoms. The van der Waals surface area contributed by atoms with Crippen LogP contribution in [0, 0.1) is 17.0 Å². The van der Waals surface area contributed by atoms with Crippen LogP contribution >= 0.6 is 15.9 Å². The van der Waals surface area contributed by atoms with Crippen molar-refractivity contribution in [2.45, 2.75) is 20.8 Å². The Labute approximate surface area is 120 Å². The number of halogens is 1. The molecule has 6 nitrogen and oxygen atoms in total. The van der Waals surface area contributed by atoms with Crippen LogP contribution in [0.1, 0.15) is 19.4 Å². The van der Waals surface area contributed by atoms with E-state index >= 15 is 0 Å². The lowest BCUT2D eigenvalue weighted by atomic mass is 10.2. The largest absolute Gasteiger partial charge is 0.325 e. The summed E-state index contributed by atoms with van der Waals surface area (Å²) in [6.45, 7) is 6.55. The molecule has 0 radical (unpaired) electrons. The molecule has 0 saturated heterocycles. The Hall–Kier alpha value is -1.63. The fraction of sp³-hybridized carbons (Fsp3) is 0.417. The molecule has 1 rings (SSSR count). The number of nitro groups is 1. The van der Waals surface area contributed by atoms with Crippen LogP contribution in [0.25, 0.3) is 0 Å². The van der Waals surface area contributed by atoms with Gasteiger partial charge in [-0.2, -0.15) is 0 Å². The van der Waals surface area contributed by atoms with Crippen molar-refractivity contribution >= 4 is 33.3 Å². The van der Waals surface area contributed by atoms with Gasteiger partial charge in [-0.15, -0.1) is 0 Å². The van der Waals surface area contributed by atoms with Crippen LogP contribution in [0.4, 0.5) is 16.2 Å². The van der Waals surface area contributed by atoms with E-state index in [1.54, 1.807) is 17.9 Å². The van der Waals surface area contributed by atoms with Gasteiger partial charge in [0, 0.05) is 29.2 Å². The second kappa shape index (κ2) is 6.51. The van der Waals surface area contributed by atoms with E-state index in [4.69, 9.17) is 0 Å². The van der Waals surface area contributed by atoms with Crippen molar-refractivity contribution in [3.63, 3.8) is 0 Å². The summed E-state index contributed by atoms with van der Waals surface area (Å²) in [6, 6.07) is 2.71.